The molecule has 0 atom stereocenters. The summed E-state index contributed by atoms with van der Waals surface area (Å²) >= 11 is 0. The molecule has 0 amide bonds. The lowest BCUT2D eigenvalue weighted by Crippen LogP contribution is -2.02. The van der Waals surface area contributed by atoms with Crippen LogP contribution in [-0.2, 0) is 0 Å². The minimum absolute atomic E-state index is 0.171. The van der Waals surface area contributed by atoms with Gasteiger partial charge in [-0.25, -0.2) is 9.59 Å². The average Bonchev–Trinajstić information content (AvgIpc) is 3.02. The van der Waals surface area contributed by atoms with E-state index in [0.29, 0.717) is 22.5 Å². The van der Waals surface area contributed by atoms with Gasteiger partial charge in [-0.1, -0.05) is 97.1 Å². The summed E-state index contributed by atoms with van der Waals surface area (Å²) in [6, 6.07) is 37.2. The molecule has 0 radical (unpaired) electrons. The second-order valence-corrected chi connectivity index (χ2v) is 9.66. The number of hydrogen-bond donors (Lipinski definition) is 2. The van der Waals surface area contributed by atoms with Crippen molar-refractivity contribution in [2.45, 2.75) is 0 Å². The van der Waals surface area contributed by atoms with Gasteiger partial charge in [0, 0.05) is 34.7 Å². The van der Waals surface area contributed by atoms with Crippen LogP contribution in [0.4, 0.5) is 11.4 Å². The Kier molecular flexibility index (Phi) is 7.10. The Hall–Kier alpha value is -5.88. The lowest BCUT2D eigenvalue weighted by Gasteiger charge is -2.11. The molecule has 0 bridgehead atoms. The highest BCUT2D eigenvalue weighted by atomic mass is 16.4. The SMILES string of the molecule is O=C(O)c1ccc2ccccc2c1C=Nc1ccccc1-c1ccccc1N=Cc1c(C(=O)O)ccc2ccccc12. The molecule has 6 aromatic carbocycles. The van der Waals surface area contributed by atoms with Crippen molar-refractivity contribution >= 4 is 57.3 Å². The van der Waals surface area contributed by atoms with Crippen molar-refractivity contribution in [3.8, 4) is 11.1 Å². The van der Waals surface area contributed by atoms with Crippen molar-refractivity contribution in [2.24, 2.45) is 9.98 Å². The number of carbonyl (C=O) groups is 2. The minimum atomic E-state index is -1.02. The van der Waals surface area contributed by atoms with Gasteiger partial charge >= 0.3 is 11.9 Å². The van der Waals surface area contributed by atoms with Gasteiger partial charge in [0.1, 0.15) is 0 Å². The Labute approximate surface area is 241 Å². The van der Waals surface area contributed by atoms with Gasteiger partial charge < -0.3 is 10.2 Å². The molecule has 6 heteroatoms. The first kappa shape index (κ1) is 26.3. The van der Waals surface area contributed by atoms with E-state index >= 15 is 0 Å². The molecular weight excluding hydrogens is 524 g/mol. The third-order valence-electron chi connectivity index (χ3n) is 7.17. The van der Waals surface area contributed by atoms with Crippen molar-refractivity contribution in [1.29, 1.82) is 0 Å². The molecule has 0 heterocycles. The van der Waals surface area contributed by atoms with E-state index in [9.17, 15) is 19.8 Å². The number of hydrogen-bond acceptors (Lipinski definition) is 4. The first-order valence-electron chi connectivity index (χ1n) is 13.3. The first-order valence-corrected chi connectivity index (χ1v) is 13.3. The minimum Gasteiger partial charge on any atom is -0.478 e. The largest absolute Gasteiger partial charge is 0.478 e. The molecule has 0 saturated heterocycles. The van der Waals surface area contributed by atoms with E-state index in [1.54, 1.807) is 36.7 Å². The third-order valence-corrected chi connectivity index (χ3v) is 7.17. The predicted octanol–water partition coefficient (Wildman–Crippen LogP) is 8.56. The summed E-state index contributed by atoms with van der Waals surface area (Å²) in [7, 11) is 0. The van der Waals surface area contributed by atoms with Gasteiger partial charge in [-0.2, -0.15) is 0 Å². The summed E-state index contributed by atoms with van der Waals surface area (Å²) in [5.74, 6) is -2.05. The lowest BCUT2D eigenvalue weighted by molar-refractivity contribution is 0.0686. The fraction of sp³-hybridized carbons (Fsp3) is 0. The number of carboxylic acid groups (broad SMARTS) is 2. The molecular formula is C36H24N2O4. The third kappa shape index (κ3) is 5.05. The van der Waals surface area contributed by atoms with Crippen molar-refractivity contribution in [3.05, 3.63) is 144 Å². The Balaban J connectivity index is 1.45. The van der Waals surface area contributed by atoms with E-state index in [1.807, 2.05) is 97.1 Å². The molecule has 0 aliphatic carbocycles. The van der Waals surface area contributed by atoms with E-state index in [1.165, 1.54) is 0 Å². The molecule has 202 valence electrons. The van der Waals surface area contributed by atoms with Crippen LogP contribution in [0.5, 0.6) is 0 Å². The Bertz CT molecular complexity index is 1910. The van der Waals surface area contributed by atoms with Gasteiger partial charge in [-0.3, -0.25) is 9.98 Å². The smallest absolute Gasteiger partial charge is 0.336 e. The van der Waals surface area contributed by atoms with Crippen LogP contribution in [0.15, 0.2) is 131 Å². The Morgan fingerprint density at radius 3 is 1.29 bits per heavy atom. The standard InChI is InChI=1S/C36H24N2O4/c39-35(40)29-19-17-23-9-1-3-11-25(23)31(29)21-37-33-15-7-5-13-27(33)28-14-6-8-16-34(28)38-22-32-26-12-4-2-10-24(26)18-20-30(32)36(41)42/h1-22H,(H,39,40)(H,41,42). The molecule has 6 rings (SSSR count). The second kappa shape index (κ2) is 11.3. The van der Waals surface area contributed by atoms with Crippen molar-refractivity contribution in [2.75, 3.05) is 0 Å². The summed E-state index contributed by atoms with van der Waals surface area (Å²) in [6.07, 6.45) is 3.21. The van der Waals surface area contributed by atoms with Gasteiger partial charge in [0.15, 0.2) is 0 Å². The zero-order valence-corrected chi connectivity index (χ0v) is 22.3. The molecule has 0 aromatic heterocycles. The summed E-state index contributed by atoms with van der Waals surface area (Å²) in [5.41, 5.74) is 4.28. The number of fused-ring (bicyclic) bond motifs is 2. The summed E-state index contributed by atoms with van der Waals surface area (Å²) in [4.78, 5) is 33.6. The first-order chi connectivity index (χ1) is 20.5. The highest BCUT2D eigenvalue weighted by Gasteiger charge is 2.14. The summed E-state index contributed by atoms with van der Waals surface area (Å²) in [5, 5.41) is 23.1. The number of aromatic carboxylic acids is 2. The molecule has 2 N–H and O–H groups in total. The Morgan fingerprint density at radius 2 is 0.857 bits per heavy atom. The van der Waals surface area contributed by atoms with Crippen molar-refractivity contribution < 1.29 is 19.8 Å². The van der Waals surface area contributed by atoms with Crippen molar-refractivity contribution in [3.63, 3.8) is 0 Å². The molecule has 0 aliphatic heterocycles. The zero-order chi connectivity index (χ0) is 29.1. The van der Waals surface area contributed by atoms with Crippen LogP contribution in [0, 0.1) is 0 Å². The van der Waals surface area contributed by atoms with Crippen LogP contribution >= 0.6 is 0 Å². The number of rotatable bonds is 7. The average molecular weight is 549 g/mol. The number of benzene rings is 6. The molecule has 42 heavy (non-hydrogen) atoms. The van der Waals surface area contributed by atoms with Gasteiger partial charge in [0.25, 0.3) is 0 Å². The fourth-order valence-electron chi connectivity index (χ4n) is 5.14. The number of para-hydroxylation sites is 2. The van der Waals surface area contributed by atoms with E-state index in [0.717, 1.165) is 32.7 Å². The molecule has 0 fully saturated rings. The summed E-state index contributed by atoms with van der Waals surface area (Å²) < 4.78 is 0. The number of aliphatic imine (C=N–C) groups is 2. The van der Waals surface area contributed by atoms with Crippen LogP contribution in [0.1, 0.15) is 31.8 Å². The molecule has 6 aromatic rings. The number of nitrogens with zero attached hydrogens (tertiary/aromatic N) is 2. The molecule has 0 unspecified atom stereocenters. The molecule has 6 nitrogen and oxygen atoms in total. The highest BCUT2D eigenvalue weighted by Crippen LogP contribution is 2.37. The van der Waals surface area contributed by atoms with Crippen LogP contribution in [0.25, 0.3) is 32.7 Å². The van der Waals surface area contributed by atoms with Crippen molar-refractivity contribution in [1.82, 2.24) is 0 Å². The Morgan fingerprint density at radius 1 is 0.476 bits per heavy atom. The topological polar surface area (TPSA) is 99.3 Å². The molecule has 0 aliphatic rings. The van der Waals surface area contributed by atoms with E-state index in [-0.39, 0.29) is 11.1 Å². The monoisotopic (exact) mass is 548 g/mol. The quantitative estimate of drug-likeness (QED) is 0.195. The fourth-order valence-corrected chi connectivity index (χ4v) is 5.14. The maximum absolute atomic E-state index is 12.0. The lowest BCUT2D eigenvalue weighted by atomic mass is 9.99. The predicted molar refractivity (Wildman–Crippen MR) is 168 cm³/mol. The molecule has 0 saturated carbocycles. The zero-order valence-electron chi connectivity index (χ0n) is 22.3. The van der Waals surface area contributed by atoms with Gasteiger partial charge in [0.05, 0.1) is 22.5 Å². The van der Waals surface area contributed by atoms with Crippen LogP contribution in [-0.4, -0.2) is 34.6 Å². The highest BCUT2D eigenvalue weighted by molar-refractivity contribution is 6.11. The van der Waals surface area contributed by atoms with E-state index in [2.05, 4.69) is 0 Å². The molecule has 0 spiro atoms. The second-order valence-electron chi connectivity index (χ2n) is 9.66. The van der Waals surface area contributed by atoms with Crippen LogP contribution in [0.2, 0.25) is 0 Å². The maximum atomic E-state index is 12.0. The van der Waals surface area contributed by atoms with Crippen LogP contribution in [0.3, 0.4) is 0 Å². The van der Waals surface area contributed by atoms with Crippen LogP contribution < -0.4 is 0 Å². The number of carboxylic acids is 2. The van der Waals surface area contributed by atoms with Gasteiger partial charge in [-0.05, 0) is 45.8 Å². The maximum Gasteiger partial charge on any atom is 0.336 e. The normalized spacial score (nSPS) is 11.5. The van der Waals surface area contributed by atoms with E-state index < -0.39 is 11.9 Å². The van der Waals surface area contributed by atoms with Gasteiger partial charge in [0.2, 0.25) is 0 Å². The summed E-state index contributed by atoms with van der Waals surface area (Å²) in [6.45, 7) is 0. The van der Waals surface area contributed by atoms with E-state index in [4.69, 9.17) is 9.98 Å². The van der Waals surface area contributed by atoms with Gasteiger partial charge in [-0.15, -0.1) is 0 Å².